The van der Waals surface area contributed by atoms with Gasteiger partial charge in [0.05, 0.1) is 4.92 Å². The number of benzene rings is 1. The third-order valence-corrected chi connectivity index (χ3v) is 7.19. The molecule has 1 aliphatic rings. The summed E-state index contributed by atoms with van der Waals surface area (Å²) in [5.41, 5.74) is -0.844. The number of amides is 2. The molecular weight excluding hydrogens is 589 g/mol. The molecule has 0 saturated carbocycles. The summed E-state index contributed by atoms with van der Waals surface area (Å²) in [7, 11) is 0. The molecule has 0 spiro atoms. The van der Waals surface area contributed by atoms with Gasteiger partial charge in [0.25, 0.3) is 17.5 Å². The molecule has 14 heteroatoms. The standard InChI is InChI=1S/C26H32Cl3N3O8/c1-16(14-28)22(26(36)39-15-18-9-8-10-19(13-18)32(37)38)31-23(29)21(25(31)35)30-24(34)20(40-17(2)33)11-6-4-3-5-7-12-27/h8-10,13,20-23H,1,3-7,11-12,14-15H2,2H3,(H,30,34). The molecule has 2 rings (SSSR count). The Morgan fingerprint density at radius 1 is 1.18 bits per heavy atom. The third-order valence-electron chi connectivity index (χ3n) is 6.12. The highest BCUT2D eigenvalue weighted by Crippen LogP contribution is 2.31. The molecule has 0 radical (unpaired) electrons. The molecule has 4 unspecified atom stereocenters. The molecule has 1 heterocycles. The number of halogens is 3. The number of ether oxygens (including phenoxy) is 2. The van der Waals surface area contributed by atoms with Crippen LogP contribution in [-0.2, 0) is 35.3 Å². The summed E-state index contributed by atoms with van der Waals surface area (Å²) in [5, 5.41) is 13.5. The van der Waals surface area contributed by atoms with Gasteiger partial charge in [0.1, 0.15) is 18.1 Å². The number of non-ortho nitro benzene ring substituents is 1. The van der Waals surface area contributed by atoms with E-state index in [9.17, 15) is 29.3 Å². The van der Waals surface area contributed by atoms with Gasteiger partial charge in [-0.05, 0) is 30.4 Å². The van der Waals surface area contributed by atoms with Crippen LogP contribution < -0.4 is 5.32 Å². The largest absolute Gasteiger partial charge is 0.459 e. The Kier molecular flexibility index (Phi) is 13.7. The number of β-lactam (4-membered cyclic amide) rings is 1. The number of nitrogens with zero attached hydrogens (tertiary/aromatic N) is 2. The van der Waals surface area contributed by atoms with Gasteiger partial charge in [-0.3, -0.25) is 24.5 Å². The number of hydrogen-bond donors (Lipinski definition) is 1. The van der Waals surface area contributed by atoms with E-state index in [1.807, 2.05) is 0 Å². The van der Waals surface area contributed by atoms with E-state index in [1.165, 1.54) is 31.2 Å². The van der Waals surface area contributed by atoms with Gasteiger partial charge in [-0.25, -0.2) is 4.79 Å². The van der Waals surface area contributed by atoms with Crippen LogP contribution in [0.5, 0.6) is 0 Å². The van der Waals surface area contributed by atoms with Gasteiger partial charge in [0.15, 0.2) is 12.1 Å². The van der Waals surface area contributed by atoms with E-state index in [1.54, 1.807) is 0 Å². The first-order chi connectivity index (χ1) is 19.0. The van der Waals surface area contributed by atoms with Crippen molar-refractivity contribution in [1.29, 1.82) is 0 Å². The zero-order valence-corrected chi connectivity index (χ0v) is 24.3. The number of carbonyl (C=O) groups excluding carboxylic acids is 4. The SMILES string of the molecule is C=C(CCl)C(C(=O)OCc1cccc([N+](=O)[O-])c1)N1C(=O)C(NC(=O)C(CCCCCCCCl)OC(C)=O)C1Cl. The smallest absolute Gasteiger partial charge is 0.333 e. The minimum Gasteiger partial charge on any atom is -0.459 e. The number of likely N-dealkylation sites (tertiary alicyclic amines) is 1. The fraction of sp³-hybridized carbons (Fsp3) is 0.538. The fourth-order valence-electron chi connectivity index (χ4n) is 4.07. The van der Waals surface area contributed by atoms with Gasteiger partial charge in [-0.2, -0.15) is 0 Å². The average molecular weight is 621 g/mol. The molecule has 2 amide bonds. The molecule has 11 nitrogen and oxygen atoms in total. The van der Waals surface area contributed by atoms with E-state index < -0.39 is 52.4 Å². The predicted octanol–water partition coefficient (Wildman–Crippen LogP) is 4.20. The van der Waals surface area contributed by atoms with Crippen molar-refractivity contribution in [3.8, 4) is 0 Å². The highest BCUT2D eigenvalue weighted by atomic mass is 35.5. The summed E-state index contributed by atoms with van der Waals surface area (Å²) in [6.07, 6.45) is 3.37. The number of nitro benzene ring substituents is 1. The lowest BCUT2D eigenvalue weighted by Crippen LogP contribution is -2.73. The van der Waals surface area contributed by atoms with Gasteiger partial charge in [-0.1, -0.05) is 49.6 Å². The lowest BCUT2D eigenvalue weighted by Gasteiger charge is -2.47. The van der Waals surface area contributed by atoms with E-state index in [0.29, 0.717) is 17.9 Å². The Bertz CT molecular complexity index is 1100. The molecular formula is C26H32Cl3N3O8. The summed E-state index contributed by atoms with van der Waals surface area (Å²) < 4.78 is 10.5. The summed E-state index contributed by atoms with van der Waals surface area (Å²) in [4.78, 5) is 61.8. The molecule has 4 atom stereocenters. The highest BCUT2D eigenvalue weighted by molar-refractivity contribution is 6.27. The zero-order valence-electron chi connectivity index (χ0n) is 22.0. The number of rotatable bonds is 17. The van der Waals surface area contributed by atoms with E-state index in [4.69, 9.17) is 44.3 Å². The van der Waals surface area contributed by atoms with Crippen LogP contribution in [0.4, 0.5) is 5.69 Å². The topological polar surface area (TPSA) is 145 Å². The third kappa shape index (κ3) is 9.35. The van der Waals surface area contributed by atoms with Crippen molar-refractivity contribution < 1.29 is 33.6 Å². The quantitative estimate of drug-likeness (QED) is 0.0399. The molecule has 40 heavy (non-hydrogen) atoms. The second-order valence-electron chi connectivity index (χ2n) is 9.18. The van der Waals surface area contributed by atoms with Crippen LogP contribution in [0, 0.1) is 10.1 Å². The van der Waals surface area contributed by atoms with Crippen molar-refractivity contribution in [3.63, 3.8) is 0 Å². The molecule has 1 N–H and O–H groups in total. The molecule has 1 aromatic rings. The first-order valence-corrected chi connectivity index (χ1v) is 14.2. The number of carbonyl (C=O) groups is 4. The fourth-order valence-corrected chi connectivity index (χ4v) is 4.78. The Morgan fingerprint density at radius 2 is 1.85 bits per heavy atom. The van der Waals surface area contributed by atoms with Crippen LogP contribution in [0.2, 0.25) is 0 Å². The Morgan fingerprint density at radius 3 is 2.45 bits per heavy atom. The van der Waals surface area contributed by atoms with Crippen LogP contribution in [0.3, 0.4) is 0 Å². The Balaban J connectivity index is 2.03. The molecule has 0 aliphatic carbocycles. The van der Waals surface area contributed by atoms with Gasteiger partial charge >= 0.3 is 11.9 Å². The predicted molar refractivity (Wildman–Crippen MR) is 149 cm³/mol. The summed E-state index contributed by atoms with van der Waals surface area (Å²) in [5.74, 6) is -2.51. The van der Waals surface area contributed by atoms with E-state index >= 15 is 0 Å². The molecule has 1 aromatic carbocycles. The number of esters is 2. The molecule has 0 aromatic heterocycles. The molecule has 220 valence electrons. The Hall–Kier alpha value is -2.89. The maximum Gasteiger partial charge on any atom is 0.333 e. The van der Waals surface area contributed by atoms with E-state index in [-0.39, 0.29) is 30.2 Å². The second kappa shape index (κ2) is 16.4. The van der Waals surface area contributed by atoms with Gasteiger partial charge in [0.2, 0.25) is 0 Å². The van der Waals surface area contributed by atoms with Crippen LogP contribution in [0.15, 0.2) is 36.4 Å². The van der Waals surface area contributed by atoms with E-state index in [0.717, 1.165) is 30.6 Å². The number of unbranched alkanes of at least 4 members (excludes halogenated alkanes) is 4. The van der Waals surface area contributed by atoms with Crippen molar-refractivity contribution in [2.24, 2.45) is 0 Å². The molecule has 1 aliphatic heterocycles. The maximum atomic E-state index is 13.0. The first kappa shape index (κ1) is 33.3. The van der Waals surface area contributed by atoms with Crippen molar-refractivity contribution >= 4 is 64.2 Å². The van der Waals surface area contributed by atoms with Crippen molar-refractivity contribution in [2.45, 2.75) is 75.7 Å². The number of nitrogens with one attached hydrogen (secondary N) is 1. The van der Waals surface area contributed by atoms with Gasteiger partial charge in [-0.15, -0.1) is 23.2 Å². The van der Waals surface area contributed by atoms with Crippen LogP contribution in [0.1, 0.15) is 51.0 Å². The molecule has 1 fully saturated rings. The minimum atomic E-state index is -1.35. The maximum absolute atomic E-state index is 13.0. The number of hydrogen-bond acceptors (Lipinski definition) is 8. The van der Waals surface area contributed by atoms with Gasteiger partial charge < -0.3 is 19.7 Å². The minimum absolute atomic E-state index is 0.126. The van der Waals surface area contributed by atoms with Crippen molar-refractivity contribution in [3.05, 3.63) is 52.1 Å². The lowest BCUT2D eigenvalue weighted by molar-refractivity contribution is -0.384. The van der Waals surface area contributed by atoms with Crippen molar-refractivity contribution in [1.82, 2.24) is 10.2 Å². The van der Waals surface area contributed by atoms with Gasteiger partial charge in [0, 0.05) is 30.8 Å². The summed E-state index contributed by atoms with van der Waals surface area (Å²) in [6, 6.07) is 2.99. The monoisotopic (exact) mass is 619 g/mol. The van der Waals surface area contributed by atoms with Crippen LogP contribution in [0.25, 0.3) is 0 Å². The highest BCUT2D eigenvalue weighted by Gasteiger charge is 2.53. The molecule has 1 saturated heterocycles. The number of alkyl halides is 3. The zero-order chi connectivity index (χ0) is 29.8. The second-order valence-corrected chi connectivity index (χ2v) is 10.3. The summed E-state index contributed by atoms with van der Waals surface area (Å²) in [6.45, 7) is 4.61. The van der Waals surface area contributed by atoms with Crippen molar-refractivity contribution in [2.75, 3.05) is 11.8 Å². The van der Waals surface area contributed by atoms with Crippen LogP contribution >= 0.6 is 34.8 Å². The summed E-state index contributed by atoms with van der Waals surface area (Å²) >= 11 is 18.0. The lowest BCUT2D eigenvalue weighted by atomic mass is 9.98. The molecule has 0 bridgehead atoms. The van der Waals surface area contributed by atoms with E-state index in [2.05, 4.69) is 11.9 Å². The van der Waals surface area contributed by atoms with Crippen LogP contribution in [-0.4, -0.2) is 69.0 Å². The Labute approximate surface area is 247 Å². The normalized spacial score (nSPS) is 17.8. The average Bonchev–Trinajstić information content (AvgIpc) is 2.93. The number of nitro groups is 1. The first-order valence-electron chi connectivity index (χ1n) is 12.6.